The monoisotopic (exact) mass is 384 g/mol. The minimum absolute atomic E-state index is 0.0419. The van der Waals surface area contributed by atoms with Gasteiger partial charge in [-0.05, 0) is 19.3 Å². The molecule has 0 bridgehead atoms. The Morgan fingerprint density at radius 1 is 0.556 bits per heavy atom. The fraction of sp³-hybridized carbons (Fsp3) is 0.864. The Morgan fingerprint density at radius 3 is 1.30 bits per heavy atom. The van der Waals surface area contributed by atoms with Gasteiger partial charge in [-0.1, -0.05) is 84.0 Å². The summed E-state index contributed by atoms with van der Waals surface area (Å²) in [6.45, 7) is 2.25. The second-order valence-electron chi connectivity index (χ2n) is 7.44. The largest absolute Gasteiger partial charge is 0.481 e. The normalized spacial score (nSPS) is 10.7. The number of rotatable bonds is 19. The first kappa shape index (κ1) is 25.6. The van der Waals surface area contributed by atoms with Crippen molar-refractivity contribution < 1.29 is 24.2 Å². The molecule has 0 aliphatic carbocycles. The molecule has 0 spiro atoms. The zero-order valence-electron chi connectivity index (χ0n) is 17.3. The number of hydrogen-bond donors (Lipinski definition) is 1. The van der Waals surface area contributed by atoms with Gasteiger partial charge in [-0.2, -0.15) is 0 Å². The van der Waals surface area contributed by atoms with E-state index in [1.165, 1.54) is 64.2 Å². The van der Waals surface area contributed by atoms with Gasteiger partial charge in [0, 0.05) is 19.3 Å². The third kappa shape index (κ3) is 20.8. The van der Waals surface area contributed by atoms with Crippen molar-refractivity contribution in [1.82, 2.24) is 0 Å². The molecule has 0 radical (unpaired) electrons. The zero-order chi connectivity index (χ0) is 20.2. The summed E-state index contributed by atoms with van der Waals surface area (Å²) in [4.78, 5) is 33.4. The molecule has 5 heteroatoms. The molecule has 0 atom stereocenters. The fourth-order valence-corrected chi connectivity index (χ4v) is 3.06. The smallest absolute Gasteiger partial charge is 0.313 e. The number of ether oxygens (including phenoxy) is 1. The molecule has 0 unspecified atom stereocenters. The summed E-state index contributed by atoms with van der Waals surface area (Å²) in [5, 5.41) is 8.50. The van der Waals surface area contributed by atoms with Crippen LogP contribution in [0.5, 0.6) is 0 Å². The van der Waals surface area contributed by atoms with Gasteiger partial charge in [-0.3, -0.25) is 14.4 Å². The second kappa shape index (κ2) is 19.4. The highest BCUT2D eigenvalue weighted by Gasteiger charge is 2.10. The summed E-state index contributed by atoms with van der Waals surface area (Å²) in [7, 11) is 0. The van der Waals surface area contributed by atoms with Crippen molar-refractivity contribution in [3.05, 3.63) is 0 Å². The Kier molecular flexibility index (Phi) is 18.4. The van der Waals surface area contributed by atoms with Crippen LogP contribution in [-0.4, -0.2) is 23.0 Å². The lowest BCUT2D eigenvalue weighted by Crippen LogP contribution is -2.12. The van der Waals surface area contributed by atoms with Gasteiger partial charge in [0.2, 0.25) is 0 Å². The molecule has 0 aromatic rings. The maximum absolute atomic E-state index is 11.6. The second-order valence-corrected chi connectivity index (χ2v) is 7.44. The fourth-order valence-electron chi connectivity index (χ4n) is 3.06. The van der Waals surface area contributed by atoms with Crippen LogP contribution in [0.15, 0.2) is 0 Å². The molecule has 0 aromatic carbocycles. The first-order chi connectivity index (χ1) is 13.1. The third-order valence-electron chi connectivity index (χ3n) is 4.73. The van der Waals surface area contributed by atoms with Gasteiger partial charge < -0.3 is 9.84 Å². The molecule has 1 N–H and O–H groups in total. The summed E-state index contributed by atoms with van der Waals surface area (Å²) >= 11 is 0. The van der Waals surface area contributed by atoms with Crippen molar-refractivity contribution >= 4 is 17.9 Å². The molecular weight excluding hydrogens is 344 g/mol. The van der Waals surface area contributed by atoms with Crippen LogP contribution in [0.3, 0.4) is 0 Å². The Balaban J connectivity index is 3.31. The van der Waals surface area contributed by atoms with Crippen molar-refractivity contribution in [2.75, 3.05) is 0 Å². The lowest BCUT2D eigenvalue weighted by Gasteiger charge is -2.04. The summed E-state index contributed by atoms with van der Waals surface area (Å²) in [5.41, 5.74) is 0. The average Bonchev–Trinajstić information content (AvgIpc) is 2.62. The molecule has 0 fully saturated rings. The lowest BCUT2D eigenvalue weighted by atomic mass is 10.0. The summed E-state index contributed by atoms with van der Waals surface area (Å²) in [6, 6.07) is 0. The van der Waals surface area contributed by atoms with Crippen LogP contribution >= 0.6 is 0 Å². The van der Waals surface area contributed by atoms with E-state index in [0.717, 1.165) is 19.3 Å². The molecule has 0 aliphatic heterocycles. The number of carboxylic acids is 1. The SMILES string of the molecule is CCCCCCCCCCCCCCCC(=O)OC(=O)CCCCC(=O)O. The van der Waals surface area contributed by atoms with Crippen LogP contribution in [0.4, 0.5) is 0 Å². The van der Waals surface area contributed by atoms with E-state index in [9.17, 15) is 14.4 Å². The minimum atomic E-state index is -0.873. The molecule has 0 amide bonds. The van der Waals surface area contributed by atoms with E-state index in [2.05, 4.69) is 6.92 Å². The van der Waals surface area contributed by atoms with Crippen molar-refractivity contribution in [1.29, 1.82) is 0 Å². The topological polar surface area (TPSA) is 80.7 Å². The number of unbranched alkanes of at least 4 members (excludes halogenated alkanes) is 13. The quantitative estimate of drug-likeness (QED) is 0.163. The van der Waals surface area contributed by atoms with Gasteiger partial charge in [-0.25, -0.2) is 0 Å². The van der Waals surface area contributed by atoms with Gasteiger partial charge in [0.05, 0.1) is 0 Å². The van der Waals surface area contributed by atoms with Crippen LogP contribution < -0.4 is 0 Å². The highest BCUT2D eigenvalue weighted by Crippen LogP contribution is 2.13. The molecule has 158 valence electrons. The lowest BCUT2D eigenvalue weighted by molar-refractivity contribution is -0.160. The predicted octanol–water partition coefficient (Wildman–Crippen LogP) is 6.18. The number of carboxylic acid groups (broad SMARTS) is 1. The third-order valence-corrected chi connectivity index (χ3v) is 4.73. The van der Waals surface area contributed by atoms with Crippen molar-refractivity contribution in [3.8, 4) is 0 Å². The highest BCUT2D eigenvalue weighted by atomic mass is 16.6. The van der Waals surface area contributed by atoms with Gasteiger partial charge in [0.25, 0.3) is 0 Å². The van der Waals surface area contributed by atoms with Crippen LogP contribution in [-0.2, 0) is 19.1 Å². The molecule has 0 aromatic heterocycles. The minimum Gasteiger partial charge on any atom is -0.481 e. The van der Waals surface area contributed by atoms with E-state index in [4.69, 9.17) is 9.84 Å². The van der Waals surface area contributed by atoms with Crippen LogP contribution in [0.25, 0.3) is 0 Å². The van der Waals surface area contributed by atoms with Gasteiger partial charge >= 0.3 is 17.9 Å². The predicted molar refractivity (Wildman–Crippen MR) is 108 cm³/mol. The number of carbonyl (C=O) groups is 3. The molecule has 0 saturated carbocycles. The molecule has 0 saturated heterocycles. The molecule has 0 heterocycles. The van der Waals surface area contributed by atoms with E-state index < -0.39 is 17.9 Å². The summed E-state index contributed by atoms with van der Waals surface area (Å²) in [6.07, 6.45) is 17.5. The van der Waals surface area contributed by atoms with Gasteiger partial charge in [-0.15, -0.1) is 0 Å². The number of hydrogen-bond acceptors (Lipinski definition) is 4. The van der Waals surface area contributed by atoms with Crippen molar-refractivity contribution in [3.63, 3.8) is 0 Å². The van der Waals surface area contributed by atoms with Crippen molar-refractivity contribution in [2.24, 2.45) is 0 Å². The number of aliphatic carboxylic acids is 1. The van der Waals surface area contributed by atoms with Crippen LogP contribution in [0.1, 0.15) is 122 Å². The standard InChI is InChI=1S/C22H40O5/c1-2-3-4-5-6-7-8-9-10-11-12-13-14-18-21(25)27-22(26)19-16-15-17-20(23)24/h2-19H2,1H3,(H,23,24). The number of carbonyl (C=O) groups excluding carboxylic acids is 2. The van der Waals surface area contributed by atoms with Gasteiger partial charge in [0.15, 0.2) is 0 Å². The van der Waals surface area contributed by atoms with E-state index in [1.807, 2.05) is 0 Å². The molecular formula is C22H40O5. The van der Waals surface area contributed by atoms with E-state index in [-0.39, 0.29) is 12.8 Å². The van der Waals surface area contributed by atoms with Crippen LogP contribution in [0, 0.1) is 0 Å². The molecule has 0 aliphatic rings. The Bertz CT molecular complexity index is 392. The Labute approximate surface area is 165 Å². The van der Waals surface area contributed by atoms with E-state index >= 15 is 0 Å². The number of esters is 2. The molecule has 5 nitrogen and oxygen atoms in total. The average molecular weight is 385 g/mol. The van der Waals surface area contributed by atoms with Crippen LogP contribution in [0.2, 0.25) is 0 Å². The Morgan fingerprint density at radius 2 is 0.889 bits per heavy atom. The summed E-state index contributed by atoms with van der Waals surface area (Å²) < 4.78 is 4.74. The first-order valence-electron chi connectivity index (χ1n) is 11.0. The maximum atomic E-state index is 11.6. The highest BCUT2D eigenvalue weighted by molar-refractivity contribution is 5.85. The zero-order valence-corrected chi connectivity index (χ0v) is 17.3. The molecule has 0 rings (SSSR count). The van der Waals surface area contributed by atoms with Crippen molar-refractivity contribution in [2.45, 2.75) is 122 Å². The van der Waals surface area contributed by atoms with E-state index in [1.54, 1.807) is 0 Å². The molecule has 27 heavy (non-hydrogen) atoms. The summed E-state index contributed by atoms with van der Waals surface area (Å²) in [5.74, 6) is -1.87. The maximum Gasteiger partial charge on any atom is 0.313 e. The Hall–Kier alpha value is -1.39. The van der Waals surface area contributed by atoms with E-state index in [0.29, 0.717) is 19.3 Å². The van der Waals surface area contributed by atoms with Gasteiger partial charge in [0.1, 0.15) is 0 Å². The first-order valence-corrected chi connectivity index (χ1v) is 11.0.